The molecule has 0 spiro atoms. The lowest BCUT2D eigenvalue weighted by Crippen LogP contribution is -2.34. The van der Waals surface area contributed by atoms with E-state index in [0.29, 0.717) is 5.56 Å². The molecule has 3 nitrogen and oxygen atoms in total. The second-order valence-corrected chi connectivity index (χ2v) is 5.45. The predicted molar refractivity (Wildman–Crippen MR) is 66.2 cm³/mol. The van der Waals surface area contributed by atoms with Crippen LogP contribution in [0.5, 0.6) is 0 Å². The zero-order valence-corrected chi connectivity index (χ0v) is 10.1. The third-order valence-electron chi connectivity index (χ3n) is 4.56. The molecule has 0 aliphatic heterocycles. The summed E-state index contributed by atoms with van der Waals surface area (Å²) in [6, 6.07) is 9.10. The van der Waals surface area contributed by atoms with Crippen LogP contribution in [0.15, 0.2) is 30.3 Å². The molecule has 2 bridgehead atoms. The van der Waals surface area contributed by atoms with E-state index in [1.807, 2.05) is 18.2 Å². The van der Waals surface area contributed by atoms with Crippen LogP contribution in [0.25, 0.3) is 0 Å². The molecule has 2 saturated carbocycles. The first-order valence-corrected chi connectivity index (χ1v) is 6.50. The van der Waals surface area contributed by atoms with Crippen molar-refractivity contribution in [1.82, 2.24) is 0 Å². The summed E-state index contributed by atoms with van der Waals surface area (Å²) in [7, 11) is 0. The summed E-state index contributed by atoms with van der Waals surface area (Å²) < 4.78 is 0. The van der Waals surface area contributed by atoms with Crippen molar-refractivity contribution in [3.8, 4) is 0 Å². The number of carboxylic acids is 1. The maximum absolute atomic E-state index is 12.5. The molecule has 1 aromatic carbocycles. The van der Waals surface area contributed by atoms with Gasteiger partial charge in [-0.3, -0.25) is 9.59 Å². The van der Waals surface area contributed by atoms with Crippen LogP contribution >= 0.6 is 0 Å². The first kappa shape index (κ1) is 11.5. The minimum atomic E-state index is -0.795. The van der Waals surface area contributed by atoms with Gasteiger partial charge in [0.2, 0.25) is 0 Å². The van der Waals surface area contributed by atoms with E-state index in [2.05, 4.69) is 0 Å². The number of ketones is 1. The normalized spacial score (nSPS) is 33.6. The lowest BCUT2D eigenvalue weighted by atomic mass is 9.75. The second-order valence-electron chi connectivity index (χ2n) is 5.45. The Morgan fingerprint density at radius 2 is 1.61 bits per heavy atom. The van der Waals surface area contributed by atoms with Crippen molar-refractivity contribution in [3.63, 3.8) is 0 Å². The highest BCUT2D eigenvalue weighted by Crippen LogP contribution is 2.53. The van der Waals surface area contributed by atoms with Gasteiger partial charge in [0.15, 0.2) is 5.78 Å². The molecule has 2 aliphatic rings. The third-order valence-corrected chi connectivity index (χ3v) is 4.56. The minimum absolute atomic E-state index is 0.0233. The summed E-state index contributed by atoms with van der Waals surface area (Å²) in [5.41, 5.74) is 0.654. The molecular weight excluding hydrogens is 228 g/mol. The smallest absolute Gasteiger partial charge is 0.307 e. The SMILES string of the molecule is O=C(O)C1C2CCC(C2)C1C(=O)c1ccccc1. The Kier molecular flexibility index (Phi) is 2.69. The summed E-state index contributed by atoms with van der Waals surface area (Å²) in [5.74, 6) is -1.04. The number of carboxylic acid groups (broad SMARTS) is 1. The number of benzene rings is 1. The van der Waals surface area contributed by atoms with Gasteiger partial charge in [-0.15, -0.1) is 0 Å². The number of aliphatic carboxylic acids is 1. The van der Waals surface area contributed by atoms with Crippen LogP contribution in [0.1, 0.15) is 29.6 Å². The van der Waals surface area contributed by atoms with Gasteiger partial charge >= 0.3 is 5.97 Å². The molecule has 0 saturated heterocycles. The van der Waals surface area contributed by atoms with Crippen molar-refractivity contribution in [2.45, 2.75) is 19.3 Å². The highest BCUT2D eigenvalue weighted by atomic mass is 16.4. The molecule has 3 heteroatoms. The van der Waals surface area contributed by atoms with E-state index in [9.17, 15) is 14.7 Å². The Morgan fingerprint density at radius 1 is 1.00 bits per heavy atom. The molecule has 4 atom stereocenters. The largest absolute Gasteiger partial charge is 0.481 e. The molecule has 94 valence electrons. The van der Waals surface area contributed by atoms with E-state index in [1.54, 1.807) is 12.1 Å². The van der Waals surface area contributed by atoms with E-state index < -0.39 is 11.9 Å². The lowest BCUT2D eigenvalue weighted by Gasteiger charge is -2.26. The van der Waals surface area contributed by atoms with E-state index in [-0.39, 0.29) is 23.5 Å². The number of rotatable bonds is 3. The van der Waals surface area contributed by atoms with Crippen molar-refractivity contribution in [3.05, 3.63) is 35.9 Å². The van der Waals surface area contributed by atoms with Crippen molar-refractivity contribution < 1.29 is 14.7 Å². The maximum atomic E-state index is 12.5. The summed E-state index contributed by atoms with van der Waals surface area (Å²) in [6.07, 6.45) is 2.90. The number of hydrogen-bond donors (Lipinski definition) is 1. The molecule has 2 aliphatic carbocycles. The Morgan fingerprint density at radius 3 is 2.22 bits per heavy atom. The fraction of sp³-hybridized carbons (Fsp3) is 0.467. The molecule has 4 unspecified atom stereocenters. The van der Waals surface area contributed by atoms with Gasteiger partial charge < -0.3 is 5.11 Å². The van der Waals surface area contributed by atoms with Crippen LogP contribution in [0, 0.1) is 23.7 Å². The van der Waals surface area contributed by atoms with Gasteiger partial charge in [0.25, 0.3) is 0 Å². The van der Waals surface area contributed by atoms with E-state index in [1.165, 1.54) is 0 Å². The van der Waals surface area contributed by atoms with Crippen LogP contribution < -0.4 is 0 Å². The molecule has 2 fully saturated rings. The van der Waals surface area contributed by atoms with Gasteiger partial charge in [-0.05, 0) is 31.1 Å². The molecule has 0 heterocycles. The molecule has 3 rings (SSSR count). The van der Waals surface area contributed by atoms with Crippen molar-refractivity contribution in [2.24, 2.45) is 23.7 Å². The monoisotopic (exact) mass is 244 g/mol. The fourth-order valence-corrected chi connectivity index (χ4v) is 3.82. The topological polar surface area (TPSA) is 54.4 Å². The molecule has 0 aromatic heterocycles. The first-order valence-electron chi connectivity index (χ1n) is 6.50. The van der Waals surface area contributed by atoms with E-state index >= 15 is 0 Å². The Hall–Kier alpha value is -1.64. The highest BCUT2D eigenvalue weighted by molar-refractivity contribution is 6.00. The lowest BCUT2D eigenvalue weighted by molar-refractivity contribution is -0.144. The fourth-order valence-electron chi connectivity index (χ4n) is 3.82. The van der Waals surface area contributed by atoms with E-state index in [4.69, 9.17) is 0 Å². The molecular formula is C15H16O3. The van der Waals surface area contributed by atoms with Gasteiger partial charge in [0, 0.05) is 11.5 Å². The molecule has 0 radical (unpaired) electrons. The van der Waals surface area contributed by atoms with Crippen LogP contribution in [0.2, 0.25) is 0 Å². The standard InChI is InChI=1S/C15H16O3/c16-14(9-4-2-1-3-5-9)12-10-6-7-11(8-10)13(12)15(17)18/h1-5,10-13H,6-8H2,(H,17,18). The van der Waals surface area contributed by atoms with Crippen LogP contribution in [0.3, 0.4) is 0 Å². The molecule has 1 aromatic rings. The number of fused-ring (bicyclic) bond motifs is 2. The van der Waals surface area contributed by atoms with Crippen molar-refractivity contribution in [1.29, 1.82) is 0 Å². The molecule has 0 amide bonds. The second kappa shape index (κ2) is 4.23. The predicted octanol–water partition coefficient (Wildman–Crippen LogP) is 2.62. The average molecular weight is 244 g/mol. The van der Waals surface area contributed by atoms with Gasteiger partial charge in [-0.2, -0.15) is 0 Å². The molecule has 1 N–H and O–H groups in total. The van der Waals surface area contributed by atoms with Gasteiger partial charge in [-0.1, -0.05) is 30.3 Å². The number of carbonyl (C=O) groups is 2. The van der Waals surface area contributed by atoms with Crippen LogP contribution in [-0.4, -0.2) is 16.9 Å². The first-order chi connectivity index (χ1) is 8.68. The Labute approximate surface area is 106 Å². The summed E-state index contributed by atoms with van der Waals surface area (Å²) in [6.45, 7) is 0. The van der Waals surface area contributed by atoms with Crippen molar-refractivity contribution in [2.75, 3.05) is 0 Å². The summed E-state index contributed by atoms with van der Waals surface area (Å²) in [4.78, 5) is 23.9. The summed E-state index contributed by atoms with van der Waals surface area (Å²) in [5, 5.41) is 9.35. The van der Waals surface area contributed by atoms with Crippen molar-refractivity contribution >= 4 is 11.8 Å². The zero-order chi connectivity index (χ0) is 12.7. The number of hydrogen-bond acceptors (Lipinski definition) is 2. The number of carbonyl (C=O) groups excluding carboxylic acids is 1. The Balaban J connectivity index is 1.91. The minimum Gasteiger partial charge on any atom is -0.481 e. The van der Waals surface area contributed by atoms with E-state index in [0.717, 1.165) is 19.3 Å². The number of Topliss-reactive ketones (excluding diaryl/α,β-unsaturated/α-hetero) is 1. The quantitative estimate of drug-likeness (QED) is 0.831. The maximum Gasteiger partial charge on any atom is 0.307 e. The zero-order valence-electron chi connectivity index (χ0n) is 10.1. The summed E-state index contributed by atoms with van der Waals surface area (Å²) >= 11 is 0. The van der Waals surface area contributed by atoms with Gasteiger partial charge in [0.1, 0.15) is 0 Å². The highest BCUT2D eigenvalue weighted by Gasteiger charge is 2.53. The third kappa shape index (κ3) is 1.65. The van der Waals surface area contributed by atoms with Crippen LogP contribution in [0.4, 0.5) is 0 Å². The van der Waals surface area contributed by atoms with Gasteiger partial charge in [0.05, 0.1) is 5.92 Å². The van der Waals surface area contributed by atoms with Crippen LogP contribution in [-0.2, 0) is 4.79 Å². The molecule has 18 heavy (non-hydrogen) atoms. The average Bonchev–Trinajstić information content (AvgIpc) is 2.99. The Bertz CT molecular complexity index is 480. The van der Waals surface area contributed by atoms with Gasteiger partial charge in [-0.25, -0.2) is 0 Å².